The van der Waals surface area contributed by atoms with E-state index in [4.69, 9.17) is 0 Å². The van der Waals surface area contributed by atoms with Crippen LogP contribution >= 0.6 is 0 Å². The highest BCUT2D eigenvalue weighted by Gasteiger charge is 2.15. The molecule has 2 rings (SSSR count). The van der Waals surface area contributed by atoms with E-state index in [-0.39, 0.29) is 12.5 Å². The average Bonchev–Trinajstić information content (AvgIpc) is 3.07. The van der Waals surface area contributed by atoms with Crippen molar-refractivity contribution < 1.29 is 14.4 Å². The molecule has 1 aliphatic rings. The van der Waals surface area contributed by atoms with Gasteiger partial charge in [-0.3, -0.25) is 14.9 Å². The molecule has 7 heteroatoms. The highest BCUT2D eigenvalue weighted by atomic mass is 16.2. The van der Waals surface area contributed by atoms with Gasteiger partial charge in [-0.25, -0.2) is 4.79 Å². The summed E-state index contributed by atoms with van der Waals surface area (Å²) in [5, 5.41) is 10.5. The molecule has 0 heterocycles. The lowest BCUT2D eigenvalue weighted by molar-refractivity contribution is -0.118. The van der Waals surface area contributed by atoms with Crippen LogP contribution in [0, 0.1) is 5.92 Å². The van der Waals surface area contributed by atoms with Crippen molar-refractivity contribution in [2.75, 3.05) is 23.7 Å². The van der Waals surface area contributed by atoms with E-state index < -0.39 is 11.9 Å². The zero-order chi connectivity index (χ0) is 18.1. The second-order valence-corrected chi connectivity index (χ2v) is 5.82. The fourth-order valence-corrected chi connectivity index (χ4v) is 2.60. The molecule has 0 spiro atoms. The number of hydrogen-bond donors (Lipinski definition) is 4. The van der Waals surface area contributed by atoms with Crippen LogP contribution in [0.2, 0.25) is 0 Å². The number of imide groups is 1. The van der Waals surface area contributed by atoms with E-state index in [1.807, 2.05) is 6.07 Å². The Morgan fingerprint density at radius 2 is 1.88 bits per heavy atom. The predicted octanol–water partition coefficient (Wildman–Crippen LogP) is 2.24. The minimum Gasteiger partial charge on any atom is -0.374 e. The number of anilines is 2. The summed E-state index contributed by atoms with van der Waals surface area (Å²) in [5.41, 5.74) is 1.24. The standard InChI is InChI=1S/C18H24N4O3/c1-2-19-18(25)22-17(24)12-20-14-9-5-6-10-15(14)21-16(23)11-13-7-3-4-8-13/h3,5-7,9-10,13,20H,2,4,8,11-12H2,1H3,(H,21,23)(H2,19,22,24,25). The molecule has 0 saturated heterocycles. The smallest absolute Gasteiger partial charge is 0.321 e. The largest absolute Gasteiger partial charge is 0.374 e. The van der Waals surface area contributed by atoms with E-state index in [1.54, 1.807) is 25.1 Å². The second-order valence-electron chi connectivity index (χ2n) is 5.82. The number of hydrogen-bond acceptors (Lipinski definition) is 4. The Balaban J connectivity index is 1.86. The van der Waals surface area contributed by atoms with Gasteiger partial charge in [-0.15, -0.1) is 0 Å². The minimum absolute atomic E-state index is 0.0578. The third-order valence-electron chi connectivity index (χ3n) is 3.79. The van der Waals surface area contributed by atoms with Gasteiger partial charge >= 0.3 is 6.03 Å². The quantitative estimate of drug-likeness (QED) is 0.570. The number of para-hydroxylation sites is 2. The fourth-order valence-electron chi connectivity index (χ4n) is 2.60. The van der Waals surface area contributed by atoms with Crippen LogP contribution in [-0.4, -0.2) is 30.9 Å². The Bertz CT molecular complexity index is 657. The molecule has 0 aliphatic heterocycles. The van der Waals surface area contributed by atoms with Gasteiger partial charge in [-0.1, -0.05) is 24.3 Å². The van der Waals surface area contributed by atoms with Crippen molar-refractivity contribution in [2.24, 2.45) is 5.92 Å². The van der Waals surface area contributed by atoms with Gasteiger partial charge in [0.1, 0.15) is 0 Å². The lowest BCUT2D eigenvalue weighted by Gasteiger charge is -2.14. The minimum atomic E-state index is -0.527. The molecule has 0 radical (unpaired) electrons. The van der Waals surface area contributed by atoms with Crippen LogP contribution in [0.1, 0.15) is 26.2 Å². The first kappa shape index (κ1) is 18.5. The molecule has 1 aliphatic carbocycles. The maximum atomic E-state index is 12.2. The first-order valence-corrected chi connectivity index (χ1v) is 8.45. The highest BCUT2D eigenvalue weighted by Crippen LogP contribution is 2.24. The molecule has 7 nitrogen and oxygen atoms in total. The van der Waals surface area contributed by atoms with Crippen LogP contribution < -0.4 is 21.3 Å². The normalized spacial score (nSPS) is 15.5. The van der Waals surface area contributed by atoms with Crippen LogP contribution in [-0.2, 0) is 9.59 Å². The summed E-state index contributed by atoms with van der Waals surface area (Å²) in [4.78, 5) is 35.2. The topological polar surface area (TPSA) is 99.3 Å². The van der Waals surface area contributed by atoms with Crippen molar-refractivity contribution in [1.82, 2.24) is 10.6 Å². The number of carbonyl (C=O) groups is 3. The molecule has 1 aromatic carbocycles. The van der Waals surface area contributed by atoms with E-state index in [0.29, 0.717) is 30.3 Å². The molecular weight excluding hydrogens is 320 g/mol. The Morgan fingerprint density at radius 1 is 1.12 bits per heavy atom. The third-order valence-corrected chi connectivity index (χ3v) is 3.79. The summed E-state index contributed by atoms with van der Waals surface area (Å²) in [7, 11) is 0. The van der Waals surface area contributed by atoms with E-state index in [1.165, 1.54) is 0 Å². The molecule has 0 aromatic heterocycles. The maximum Gasteiger partial charge on any atom is 0.321 e. The molecule has 0 fully saturated rings. The van der Waals surface area contributed by atoms with Crippen LogP contribution in [0.3, 0.4) is 0 Å². The van der Waals surface area contributed by atoms with Crippen molar-refractivity contribution in [1.29, 1.82) is 0 Å². The van der Waals surface area contributed by atoms with Gasteiger partial charge in [0.05, 0.1) is 17.9 Å². The van der Waals surface area contributed by atoms with E-state index in [2.05, 4.69) is 33.4 Å². The summed E-state index contributed by atoms with van der Waals surface area (Å²) < 4.78 is 0. The van der Waals surface area contributed by atoms with Gasteiger partial charge < -0.3 is 16.0 Å². The van der Waals surface area contributed by atoms with Crippen LogP contribution in [0.15, 0.2) is 36.4 Å². The predicted molar refractivity (Wildman–Crippen MR) is 97.3 cm³/mol. The lowest BCUT2D eigenvalue weighted by Crippen LogP contribution is -2.41. The molecule has 25 heavy (non-hydrogen) atoms. The first-order chi connectivity index (χ1) is 12.1. The molecule has 0 saturated carbocycles. The fraction of sp³-hybridized carbons (Fsp3) is 0.389. The van der Waals surface area contributed by atoms with E-state index in [0.717, 1.165) is 12.8 Å². The van der Waals surface area contributed by atoms with Crippen molar-refractivity contribution >= 4 is 29.2 Å². The second kappa shape index (κ2) is 9.46. The summed E-state index contributed by atoms with van der Waals surface area (Å²) in [6.07, 6.45) is 6.66. The first-order valence-electron chi connectivity index (χ1n) is 8.45. The number of rotatable bonds is 7. The Labute approximate surface area is 147 Å². The number of amides is 4. The monoisotopic (exact) mass is 344 g/mol. The lowest BCUT2D eigenvalue weighted by atomic mass is 10.0. The van der Waals surface area contributed by atoms with Gasteiger partial charge in [-0.05, 0) is 37.8 Å². The number of allylic oxidation sites excluding steroid dienone is 2. The molecule has 4 N–H and O–H groups in total. The number of benzene rings is 1. The van der Waals surface area contributed by atoms with Gasteiger partial charge in [-0.2, -0.15) is 0 Å². The van der Waals surface area contributed by atoms with Crippen molar-refractivity contribution in [3.05, 3.63) is 36.4 Å². The van der Waals surface area contributed by atoms with Crippen LogP contribution in [0.5, 0.6) is 0 Å². The van der Waals surface area contributed by atoms with E-state index >= 15 is 0 Å². The molecule has 134 valence electrons. The summed E-state index contributed by atoms with van der Waals surface area (Å²) in [5.74, 6) is -0.219. The number of nitrogens with one attached hydrogen (secondary N) is 4. The van der Waals surface area contributed by atoms with Crippen molar-refractivity contribution in [3.63, 3.8) is 0 Å². The molecule has 0 bridgehead atoms. The average molecular weight is 344 g/mol. The maximum absolute atomic E-state index is 12.2. The summed E-state index contributed by atoms with van der Waals surface area (Å²) in [6.45, 7) is 2.13. The van der Waals surface area contributed by atoms with Gasteiger partial charge in [0.15, 0.2) is 0 Å². The zero-order valence-electron chi connectivity index (χ0n) is 14.3. The van der Waals surface area contributed by atoms with Crippen molar-refractivity contribution in [2.45, 2.75) is 26.2 Å². The van der Waals surface area contributed by atoms with Gasteiger partial charge in [0.25, 0.3) is 0 Å². The van der Waals surface area contributed by atoms with Gasteiger partial charge in [0.2, 0.25) is 11.8 Å². The molecule has 1 unspecified atom stereocenters. The van der Waals surface area contributed by atoms with Crippen molar-refractivity contribution in [3.8, 4) is 0 Å². The molecule has 1 atom stereocenters. The summed E-state index contributed by atoms with van der Waals surface area (Å²) in [6, 6.07) is 6.63. The summed E-state index contributed by atoms with van der Waals surface area (Å²) >= 11 is 0. The highest BCUT2D eigenvalue weighted by molar-refractivity contribution is 5.98. The third kappa shape index (κ3) is 6.29. The number of urea groups is 1. The van der Waals surface area contributed by atoms with Crippen LogP contribution in [0.25, 0.3) is 0 Å². The SMILES string of the molecule is CCNC(=O)NC(=O)CNc1ccccc1NC(=O)CC1C=CCC1. The van der Waals surface area contributed by atoms with Gasteiger partial charge in [0, 0.05) is 13.0 Å². The molecule has 1 aromatic rings. The Morgan fingerprint density at radius 3 is 2.56 bits per heavy atom. The Kier molecular flexibility index (Phi) is 7.00. The number of carbonyl (C=O) groups excluding carboxylic acids is 3. The molecular formula is C18H24N4O3. The van der Waals surface area contributed by atoms with Crippen LogP contribution in [0.4, 0.5) is 16.2 Å². The molecule has 4 amide bonds. The zero-order valence-corrected chi connectivity index (χ0v) is 14.3. The Hall–Kier alpha value is -2.83. The van der Waals surface area contributed by atoms with E-state index in [9.17, 15) is 14.4 Å².